The van der Waals surface area contributed by atoms with Crippen molar-refractivity contribution >= 4 is 16.9 Å². The van der Waals surface area contributed by atoms with Crippen LogP contribution in [0.5, 0.6) is 0 Å². The maximum atomic E-state index is 13.0. The highest BCUT2D eigenvalue weighted by molar-refractivity contribution is 5.80. The molecule has 2 heterocycles. The van der Waals surface area contributed by atoms with Crippen molar-refractivity contribution in [3.05, 3.63) is 78.0 Å². The van der Waals surface area contributed by atoms with E-state index in [1.807, 2.05) is 52.4 Å². The van der Waals surface area contributed by atoms with Gasteiger partial charge in [0.05, 0.1) is 17.6 Å². The first-order valence-electron chi connectivity index (χ1n) is 9.12. The van der Waals surface area contributed by atoms with Gasteiger partial charge in [0, 0.05) is 24.7 Å². The molecule has 1 fully saturated rings. The van der Waals surface area contributed by atoms with Crippen molar-refractivity contribution < 1.29 is 4.79 Å². The summed E-state index contributed by atoms with van der Waals surface area (Å²) in [4.78, 5) is 21.5. The number of urea groups is 1. The quantitative estimate of drug-likeness (QED) is 0.681. The topological polar surface area (TPSA) is 36.4 Å². The smallest absolute Gasteiger partial charge is 0.316 e. The van der Waals surface area contributed by atoms with Gasteiger partial charge in [-0.1, -0.05) is 48.5 Å². The molecule has 3 aromatic rings. The van der Waals surface area contributed by atoms with E-state index in [1.54, 1.807) is 0 Å². The van der Waals surface area contributed by atoms with Crippen LogP contribution in [0.3, 0.4) is 0 Å². The fraction of sp³-hybridized carbons (Fsp3) is 0.273. The van der Waals surface area contributed by atoms with Crippen molar-refractivity contribution in [1.29, 1.82) is 0 Å². The van der Waals surface area contributed by atoms with E-state index < -0.39 is 0 Å². The maximum absolute atomic E-state index is 13.0. The minimum Gasteiger partial charge on any atom is -0.316 e. The third kappa shape index (κ3) is 2.92. The maximum Gasteiger partial charge on any atom is 0.321 e. The van der Waals surface area contributed by atoms with E-state index in [2.05, 4.69) is 43.1 Å². The summed E-state index contributed by atoms with van der Waals surface area (Å²) in [5, 5.41) is 1.11. The van der Waals surface area contributed by atoms with E-state index in [-0.39, 0.29) is 18.1 Å². The number of nitrogens with zero attached hydrogens (tertiary/aromatic N) is 3. The van der Waals surface area contributed by atoms with Gasteiger partial charge in [-0.25, -0.2) is 4.79 Å². The van der Waals surface area contributed by atoms with E-state index in [9.17, 15) is 4.79 Å². The molecular formula is C22H23N3O. The van der Waals surface area contributed by atoms with E-state index in [1.165, 1.54) is 5.56 Å². The van der Waals surface area contributed by atoms with Gasteiger partial charge in [0.1, 0.15) is 0 Å². The lowest BCUT2D eigenvalue weighted by Crippen LogP contribution is -2.35. The number of rotatable bonds is 4. The van der Waals surface area contributed by atoms with E-state index >= 15 is 0 Å². The largest absolute Gasteiger partial charge is 0.321 e. The van der Waals surface area contributed by atoms with Crippen molar-refractivity contribution in [2.24, 2.45) is 0 Å². The summed E-state index contributed by atoms with van der Waals surface area (Å²) in [5.41, 5.74) is 3.23. The zero-order chi connectivity index (χ0) is 18.1. The second kappa shape index (κ2) is 6.79. The average molecular weight is 345 g/mol. The Morgan fingerprint density at radius 3 is 2.19 bits per heavy atom. The Bertz CT molecular complexity index is 925. The Hall–Kier alpha value is -2.88. The van der Waals surface area contributed by atoms with Crippen molar-refractivity contribution in [3.63, 3.8) is 0 Å². The van der Waals surface area contributed by atoms with Gasteiger partial charge in [-0.05, 0) is 37.1 Å². The molecule has 2 aromatic carbocycles. The van der Waals surface area contributed by atoms with Crippen molar-refractivity contribution in [1.82, 2.24) is 14.8 Å². The van der Waals surface area contributed by atoms with Gasteiger partial charge in [-0.15, -0.1) is 0 Å². The summed E-state index contributed by atoms with van der Waals surface area (Å²) in [6.07, 6.45) is 1.89. The van der Waals surface area contributed by atoms with Gasteiger partial charge in [0.2, 0.25) is 0 Å². The predicted octanol–water partition coefficient (Wildman–Crippen LogP) is 4.79. The van der Waals surface area contributed by atoms with Crippen LogP contribution in [-0.4, -0.2) is 33.9 Å². The van der Waals surface area contributed by atoms with Gasteiger partial charge < -0.3 is 9.80 Å². The number of benzene rings is 2. The summed E-state index contributed by atoms with van der Waals surface area (Å²) in [6, 6.07) is 20.6. The number of pyridine rings is 1. The zero-order valence-corrected chi connectivity index (χ0v) is 15.2. The normalized spacial score (nSPS) is 16.9. The molecule has 132 valence electrons. The number of fused-ring (bicyclic) bond motifs is 1. The molecule has 0 bridgehead atoms. The first kappa shape index (κ1) is 16.6. The van der Waals surface area contributed by atoms with Crippen LogP contribution in [0.2, 0.25) is 0 Å². The van der Waals surface area contributed by atoms with E-state index in [4.69, 9.17) is 0 Å². The van der Waals surface area contributed by atoms with Gasteiger partial charge >= 0.3 is 6.03 Å². The standard InChI is InChI=1S/C22H23N3O/c1-16(18-8-4-3-5-9-18)24-12-13-25(22(24)26)17(2)20-14-19-10-6-7-11-21(19)23-15-20/h3-11,14-17H,12-13H2,1-2H3/t16-,17?/m0/s1. The van der Waals surface area contributed by atoms with Crippen molar-refractivity contribution in [2.45, 2.75) is 25.9 Å². The van der Waals surface area contributed by atoms with Crippen LogP contribution in [0, 0.1) is 0 Å². The number of hydrogen-bond acceptors (Lipinski definition) is 2. The average Bonchev–Trinajstić information content (AvgIpc) is 3.08. The first-order valence-corrected chi connectivity index (χ1v) is 9.12. The number of hydrogen-bond donors (Lipinski definition) is 0. The first-order chi connectivity index (χ1) is 12.6. The molecule has 4 rings (SSSR count). The minimum absolute atomic E-state index is 0.00702. The van der Waals surface area contributed by atoms with Crippen LogP contribution in [0.15, 0.2) is 66.9 Å². The predicted molar refractivity (Wildman–Crippen MR) is 104 cm³/mol. The second-order valence-corrected chi connectivity index (χ2v) is 6.89. The Kier molecular flexibility index (Phi) is 4.33. The minimum atomic E-state index is 0.00702. The van der Waals surface area contributed by atoms with Gasteiger partial charge in [-0.3, -0.25) is 4.98 Å². The van der Waals surface area contributed by atoms with Gasteiger partial charge in [-0.2, -0.15) is 0 Å². The molecule has 0 spiro atoms. The fourth-order valence-corrected chi connectivity index (χ4v) is 3.70. The monoisotopic (exact) mass is 345 g/mol. The summed E-state index contributed by atoms with van der Waals surface area (Å²) in [7, 11) is 0. The van der Waals surface area contributed by atoms with Crippen LogP contribution in [-0.2, 0) is 0 Å². The molecule has 1 saturated heterocycles. The van der Waals surface area contributed by atoms with Crippen LogP contribution in [0.1, 0.15) is 37.1 Å². The van der Waals surface area contributed by atoms with Crippen LogP contribution in [0.25, 0.3) is 10.9 Å². The highest BCUT2D eigenvalue weighted by Crippen LogP contribution is 2.30. The molecule has 4 heteroatoms. The SMILES string of the molecule is CC(c1cnc2ccccc2c1)N1CCN([C@@H](C)c2ccccc2)C1=O. The molecule has 26 heavy (non-hydrogen) atoms. The molecule has 0 N–H and O–H groups in total. The molecule has 2 atom stereocenters. The molecule has 0 radical (unpaired) electrons. The Morgan fingerprint density at radius 2 is 1.46 bits per heavy atom. The van der Waals surface area contributed by atoms with Gasteiger partial charge in [0.25, 0.3) is 0 Å². The summed E-state index contributed by atoms with van der Waals surface area (Å²) in [5.74, 6) is 0. The summed E-state index contributed by atoms with van der Waals surface area (Å²) >= 11 is 0. The molecular weight excluding hydrogens is 322 g/mol. The molecule has 0 saturated carbocycles. The molecule has 0 aliphatic carbocycles. The van der Waals surface area contributed by atoms with Crippen LogP contribution < -0.4 is 0 Å². The molecule has 1 unspecified atom stereocenters. The molecule has 1 aliphatic heterocycles. The van der Waals surface area contributed by atoms with Gasteiger partial charge in [0.15, 0.2) is 0 Å². The number of para-hydroxylation sites is 1. The fourth-order valence-electron chi connectivity index (χ4n) is 3.70. The lowest BCUT2D eigenvalue weighted by molar-refractivity contribution is 0.170. The Morgan fingerprint density at radius 1 is 0.846 bits per heavy atom. The summed E-state index contributed by atoms with van der Waals surface area (Å²) in [6.45, 7) is 5.67. The van der Waals surface area contributed by atoms with E-state index in [0.717, 1.165) is 29.6 Å². The molecule has 1 aromatic heterocycles. The number of carbonyl (C=O) groups excluding carboxylic acids is 1. The number of aromatic nitrogens is 1. The van der Waals surface area contributed by atoms with Crippen LogP contribution in [0.4, 0.5) is 4.79 Å². The lowest BCUT2D eigenvalue weighted by atomic mass is 10.1. The number of amides is 2. The van der Waals surface area contributed by atoms with Crippen molar-refractivity contribution in [3.8, 4) is 0 Å². The third-order valence-corrected chi connectivity index (χ3v) is 5.38. The van der Waals surface area contributed by atoms with Crippen molar-refractivity contribution in [2.75, 3.05) is 13.1 Å². The van der Waals surface area contributed by atoms with Crippen LogP contribution >= 0.6 is 0 Å². The highest BCUT2D eigenvalue weighted by Gasteiger charge is 2.35. The second-order valence-electron chi connectivity index (χ2n) is 6.89. The summed E-state index contributed by atoms with van der Waals surface area (Å²) < 4.78 is 0. The molecule has 1 aliphatic rings. The molecule has 4 nitrogen and oxygen atoms in total. The molecule has 2 amide bonds. The Balaban J connectivity index is 1.55. The Labute approximate surface area is 154 Å². The third-order valence-electron chi connectivity index (χ3n) is 5.38. The number of carbonyl (C=O) groups is 1. The highest BCUT2D eigenvalue weighted by atomic mass is 16.2. The van der Waals surface area contributed by atoms with E-state index in [0.29, 0.717) is 0 Å². The lowest BCUT2D eigenvalue weighted by Gasteiger charge is -2.28. The zero-order valence-electron chi connectivity index (χ0n) is 15.2.